The summed E-state index contributed by atoms with van der Waals surface area (Å²) >= 11 is 0. The van der Waals surface area contributed by atoms with Crippen molar-refractivity contribution in [3.05, 3.63) is 53.6 Å². The number of amides is 2. The van der Waals surface area contributed by atoms with Gasteiger partial charge in [0.05, 0.1) is 14.2 Å². The molecule has 0 radical (unpaired) electrons. The number of nitrogens with zero attached hydrogens (tertiary/aromatic N) is 1. The molecule has 2 rings (SSSR count). The second kappa shape index (κ2) is 11.6. The third-order valence-electron chi connectivity index (χ3n) is 5.04. The number of nitrogens with one attached hydrogen (secondary N) is 1. The summed E-state index contributed by atoms with van der Waals surface area (Å²) in [5.74, 6) is 1.09. The zero-order chi connectivity index (χ0) is 24.6. The van der Waals surface area contributed by atoms with Crippen LogP contribution in [0.2, 0.25) is 0 Å². The van der Waals surface area contributed by atoms with Crippen molar-refractivity contribution in [3.63, 3.8) is 0 Å². The molecule has 0 bridgehead atoms. The zero-order valence-electron chi connectivity index (χ0n) is 20.7. The summed E-state index contributed by atoms with van der Waals surface area (Å²) in [4.78, 5) is 28.0. The molecule has 7 heteroatoms. The van der Waals surface area contributed by atoms with Crippen molar-refractivity contribution < 1.29 is 23.8 Å². The van der Waals surface area contributed by atoms with Crippen LogP contribution in [0.25, 0.3) is 0 Å². The Kier molecular flexibility index (Phi) is 9.14. The maximum atomic E-state index is 13.3. The van der Waals surface area contributed by atoms with Gasteiger partial charge in [0.15, 0.2) is 6.61 Å². The first-order valence-corrected chi connectivity index (χ1v) is 11.1. The van der Waals surface area contributed by atoms with E-state index in [1.54, 1.807) is 37.3 Å². The second-order valence-electron chi connectivity index (χ2n) is 9.01. The Balaban J connectivity index is 2.26. The maximum absolute atomic E-state index is 13.3. The van der Waals surface area contributed by atoms with E-state index in [0.717, 1.165) is 11.1 Å². The largest absolute Gasteiger partial charge is 0.496 e. The van der Waals surface area contributed by atoms with E-state index in [9.17, 15) is 9.59 Å². The molecule has 2 aromatic rings. The van der Waals surface area contributed by atoms with Crippen molar-refractivity contribution in [3.8, 4) is 17.2 Å². The van der Waals surface area contributed by atoms with Crippen molar-refractivity contribution >= 4 is 11.8 Å². The van der Waals surface area contributed by atoms with Crippen molar-refractivity contribution in [2.75, 3.05) is 20.8 Å². The van der Waals surface area contributed by atoms with Crippen LogP contribution in [0.3, 0.4) is 0 Å². The molecule has 0 spiro atoms. The molecule has 7 nitrogen and oxygen atoms in total. The summed E-state index contributed by atoms with van der Waals surface area (Å²) < 4.78 is 16.3. The molecule has 180 valence electrons. The summed E-state index contributed by atoms with van der Waals surface area (Å²) in [5, 5.41) is 3.00. The molecule has 0 saturated heterocycles. The molecule has 0 unspecified atom stereocenters. The summed E-state index contributed by atoms with van der Waals surface area (Å²) in [6, 6.07) is 12.4. The smallest absolute Gasteiger partial charge is 0.261 e. The van der Waals surface area contributed by atoms with Gasteiger partial charge in [-0.3, -0.25) is 9.59 Å². The molecule has 1 N–H and O–H groups in total. The molecular weight excluding hydrogens is 420 g/mol. The molecule has 0 aliphatic carbocycles. The monoisotopic (exact) mass is 456 g/mol. The van der Waals surface area contributed by atoms with E-state index in [1.165, 1.54) is 0 Å². The molecule has 2 amide bonds. The lowest BCUT2D eigenvalue weighted by Gasteiger charge is -2.33. The zero-order valence-corrected chi connectivity index (χ0v) is 20.7. The first-order valence-electron chi connectivity index (χ1n) is 11.1. The fourth-order valence-electron chi connectivity index (χ4n) is 3.36. The first kappa shape index (κ1) is 26.0. The Hall–Kier alpha value is -3.22. The Morgan fingerprint density at radius 2 is 1.52 bits per heavy atom. The number of hydrogen-bond acceptors (Lipinski definition) is 5. The third kappa shape index (κ3) is 8.00. The minimum Gasteiger partial charge on any atom is -0.496 e. The average molecular weight is 457 g/mol. The highest BCUT2D eigenvalue weighted by Crippen LogP contribution is 2.27. The standard InChI is InChI=1S/C26H36N2O5/c1-8-23(25(30)27-26(3,4)5)28(16-19-11-9-18(2)10-12-19)24(29)17-33-22-14-20(31-6)13-21(15-22)32-7/h9-15,23H,8,16-17H2,1-7H3,(H,27,30)/t23-/m0/s1. The highest BCUT2D eigenvalue weighted by Gasteiger charge is 2.31. The van der Waals surface area contributed by atoms with Gasteiger partial charge in [-0.2, -0.15) is 0 Å². The summed E-state index contributed by atoms with van der Waals surface area (Å²) in [6.07, 6.45) is 0.479. The van der Waals surface area contributed by atoms with Crippen LogP contribution in [0, 0.1) is 6.92 Å². The number of ether oxygens (including phenoxy) is 3. The van der Waals surface area contributed by atoms with Gasteiger partial charge in [0.25, 0.3) is 5.91 Å². The molecule has 0 aliphatic rings. The molecule has 33 heavy (non-hydrogen) atoms. The number of hydrogen-bond donors (Lipinski definition) is 1. The van der Waals surface area contributed by atoms with Crippen LogP contribution >= 0.6 is 0 Å². The predicted molar refractivity (Wildman–Crippen MR) is 129 cm³/mol. The lowest BCUT2D eigenvalue weighted by atomic mass is 10.1. The number of carbonyl (C=O) groups excluding carboxylic acids is 2. The van der Waals surface area contributed by atoms with E-state index >= 15 is 0 Å². The minimum absolute atomic E-state index is 0.187. The number of rotatable bonds is 10. The van der Waals surface area contributed by atoms with Crippen molar-refractivity contribution in [2.24, 2.45) is 0 Å². The van der Waals surface area contributed by atoms with Gasteiger partial charge in [-0.15, -0.1) is 0 Å². The molecule has 2 aromatic carbocycles. The Morgan fingerprint density at radius 1 is 0.970 bits per heavy atom. The van der Waals surface area contributed by atoms with Crippen molar-refractivity contribution in [1.29, 1.82) is 0 Å². The van der Waals surface area contributed by atoms with Crippen molar-refractivity contribution in [1.82, 2.24) is 10.2 Å². The molecule has 0 heterocycles. The Morgan fingerprint density at radius 3 is 2.00 bits per heavy atom. The number of carbonyl (C=O) groups is 2. The van der Waals surface area contributed by atoms with Gasteiger partial charge in [-0.25, -0.2) is 0 Å². The molecular formula is C26H36N2O5. The fourth-order valence-corrected chi connectivity index (χ4v) is 3.36. The molecule has 0 aromatic heterocycles. The van der Waals surface area contributed by atoms with E-state index in [1.807, 2.05) is 58.9 Å². The van der Waals surface area contributed by atoms with Gasteiger partial charge < -0.3 is 24.4 Å². The van der Waals surface area contributed by atoms with Crippen LogP contribution < -0.4 is 19.5 Å². The summed E-state index contributed by atoms with van der Waals surface area (Å²) in [6.45, 7) is 9.75. The quantitative estimate of drug-likeness (QED) is 0.582. The molecule has 1 atom stereocenters. The van der Waals surface area contributed by atoms with E-state index < -0.39 is 11.6 Å². The molecule has 0 fully saturated rings. The summed E-state index contributed by atoms with van der Waals surface area (Å²) in [5.41, 5.74) is 1.67. The van der Waals surface area contributed by atoms with Crippen LogP contribution in [0.5, 0.6) is 17.2 Å². The van der Waals surface area contributed by atoms with Gasteiger partial charge in [0, 0.05) is 30.3 Å². The third-order valence-corrected chi connectivity index (χ3v) is 5.04. The number of benzene rings is 2. The van der Waals surface area contributed by atoms with Crippen LogP contribution in [-0.4, -0.2) is 49.1 Å². The van der Waals surface area contributed by atoms with Gasteiger partial charge in [0.2, 0.25) is 5.91 Å². The summed E-state index contributed by atoms with van der Waals surface area (Å²) in [7, 11) is 3.10. The normalized spacial score (nSPS) is 12.0. The Labute approximate surface area is 197 Å². The van der Waals surface area contributed by atoms with Crippen LogP contribution in [-0.2, 0) is 16.1 Å². The van der Waals surface area contributed by atoms with E-state index in [-0.39, 0.29) is 18.4 Å². The molecule has 0 aliphatic heterocycles. The lowest BCUT2D eigenvalue weighted by molar-refractivity contribution is -0.143. The van der Waals surface area contributed by atoms with Gasteiger partial charge in [-0.05, 0) is 39.7 Å². The Bertz CT molecular complexity index is 912. The SMILES string of the molecule is CC[C@@H](C(=O)NC(C)(C)C)N(Cc1ccc(C)cc1)C(=O)COc1cc(OC)cc(OC)c1. The fraction of sp³-hybridized carbons (Fsp3) is 0.462. The van der Waals surface area contributed by atoms with Crippen LogP contribution in [0.4, 0.5) is 0 Å². The van der Waals surface area contributed by atoms with Gasteiger partial charge >= 0.3 is 0 Å². The highest BCUT2D eigenvalue weighted by molar-refractivity contribution is 5.88. The van der Waals surface area contributed by atoms with Crippen LogP contribution in [0.1, 0.15) is 45.2 Å². The lowest BCUT2D eigenvalue weighted by Crippen LogP contribution is -2.54. The van der Waals surface area contributed by atoms with E-state index in [4.69, 9.17) is 14.2 Å². The van der Waals surface area contributed by atoms with E-state index in [0.29, 0.717) is 30.2 Å². The topological polar surface area (TPSA) is 77.1 Å². The van der Waals surface area contributed by atoms with Gasteiger partial charge in [-0.1, -0.05) is 36.8 Å². The second-order valence-corrected chi connectivity index (χ2v) is 9.01. The van der Waals surface area contributed by atoms with E-state index in [2.05, 4.69) is 5.32 Å². The average Bonchev–Trinajstić information content (AvgIpc) is 2.77. The molecule has 0 saturated carbocycles. The number of methoxy groups -OCH3 is 2. The first-order chi connectivity index (χ1) is 15.6. The number of aryl methyl sites for hydroxylation is 1. The predicted octanol–water partition coefficient (Wildman–Crippen LogP) is 4.11. The maximum Gasteiger partial charge on any atom is 0.261 e. The van der Waals surface area contributed by atoms with Crippen LogP contribution in [0.15, 0.2) is 42.5 Å². The highest BCUT2D eigenvalue weighted by atomic mass is 16.5. The minimum atomic E-state index is -0.624. The van der Waals surface area contributed by atoms with Crippen molar-refractivity contribution in [2.45, 2.75) is 59.2 Å². The van der Waals surface area contributed by atoms with Gasteiger partial charge in [0.1, 0.15) is 23.3 Å².